The molecule has 5 nitrogen and oxygen atoms in total. The Morgan fingerprint density at radius 1 is 1.03 bits per heavy atom. The van der Waals surface area contributed by atoms with Crippen molar-refractivity contribution in [1.82, 2.24) is 10.0 Å². The van der Waals surface area contributed by atoms with Crippen LogP contribution >= 0.6 is 23.4 Å². The van der Waals surface area contributed by atoms with E-state index < -0.39 is 16.1 Å². The van der Waals surface area contributed by atoms with Crippen LogP contribution in [0.1, 0.15) is 12.0 Å². The molecule has 0 bridgehead atoms. The molecule has 0 heterocycles. The molecule has 0 aliphatic heterocycles. The zero-order chi connectivity index (χ0) is 22.3. The Kier molecular flexibility index (Phi) is 8.37. The Bertz CT molecular complexity index is 1140. The molecule has 3 rings (SSSR count). The number of halogens is 1. The average molecular weight is 477 g/mol. The van der Waals surface area contributed by atoms with Crippen LogP contribution in [0.5, 0.6) is 0 Å². The second-order valence-electron chi connectivity index (χ2n) is 7.13. The first kappa shape index (κ1) is 23.6. The molecule has 0 fully saturated rings. The van der Waals surface area contributed by atoms with Crippen molar-refractivity contribution in [3.8, 4) is 0 Å². The van der Waals surface area contributed by atoms with Crippen LogP contribution < -0.4 is 10.0 Å². The van der Waals surface area contributed by atoms with Crippen LogP contribution in [0.4, 0.5) is 0 Å². The van der Waals surface area contributed by atoms with Gasteiger partial charge >= 0.3 is 0 Å². The van der Waals surface area contributed by atoms with E-state index in [1.54, 1.807) is 42.1 Å². The van der Waals surface area contributed by atoms with E-state index in [0.717, 1.165) is 16.3 Å². The van der Waals surface area contributed by atoms with E-state index in [1.807, 2.05) is 42.7 Å². The molecule has 0 spiro atoms. The van der Waals surface area contributed by atoms with Gasteiger partial charge in [0.2, 0.25) is 15.9 Å². The number of thioether (sulfide) groups is 1. The third kappa shape index (κ3) is 6.71. The quantitative estimate of drug-likeness (QED) is 0.458. The Hall–Kier alpha value is -2.06. The van der Waals surface area contributed by atoms with Gasteiger partial charge in [0.25, 0.3) is 0 Å². The van der Waals surface area contributed by atoms with Crippen molar-refractivity contribution in [2.45, 2.75) is 23.8 Å². The van der Waals surface area contributed by atoms with Gasteiger partial charge in [0.15, 0.2) is 0 Å². The van der Waals surface area contributed by atoms with Crippen molar-refractivity contribution in [3.05, 3.63) is 77.3 Å². The van der Waals surface area contributed by atoms with Gasteiger partial charge in [-0.25, -0.2) is 8.42 Å². The minimum atomic E-state index is -3.84. The number of sulfonamides is 1. The molecule has 1 amide bonds. The number of hydrogen-bond acceptors (Lipinski definition) is 4. The maximum absolute atomic E-state index is 13.0. The minimum absolute atomic E-state index is 0.148. The molecular weight excluding hydrogens is 452 g/mol. The first-order valence-electron chi connectivity index (χ1n) is 9.91. The monoisotopic (exact) mass is 476 g/mol. The predicted octanol–water partition coefficient (Wildman–Crippen LogP) is 4.25. The number of amides is 1. The first-order valence-corrected chi connectivity index (χ1v) is 13.2. The first-order chi connectivity index (χ1) is 14.9. The third-order valence-electron chi connectivity index (χ3n) is 4.88. The van der Waals surface area contributed by atoms with E-state index >= 15 is 0 Å². The van der Waals surface area contributed by atoms with E-state index in [0.29, 0.717) is 30.2 Å². The maximum atomic E-state index is 13.0. The van der Waals surface area contributed by atoms with Crippen LogP contribution in [0, 0.1) is 0 Å². The maximum Gasteiger partial charge on any atom is 0.241 e. The molecule has 3 aromatic rings. The lowest BCUT2D eigenvalue weighted by atomic mass is 10.1. The summed E-state index contributed by atoms with van der Waals surface area (Å²) in [5, 5.41) is 5.30. The molecular formula is C23H25ClN2O3S2. The molecule has 1 atom stereocenters. The van der Waals surface area contributed by atoms with Gasteiger partial charge in [-0.05, 0) is 65.5 Å². The van der Waals surface area contributed by atoms with Crippen LogP contribution in [0.15, 0.2) is 71.6 Å². The Morgan fingerprint density at radius 3 is 2.45 bits per heavy atom. The zero-order valence-electron chi connectivity index (χ0n) is 17.2. The van der Waals surface area contributed by atoms with Crippen molar-refractivity contribution >= 4 is 50.1 Å². The lowest BCUT2D eigenvalue weighted by Gasteiger charge is -2.18. The number of nitrogens with one attached hydrogen (secondary N) is 2. The number of carbonyl (C=O) groups excluding carboxylic acids is 1. The van der Waals surface area contributed by atoms with Gasteiger partial charge < -0.3 is 5.32 Å². The fraction of sp³-hybridized carbons (Fsp3) is 0.261. The number of benzene rings is 3. The van der Waals surface area contributed by atoms with E-state index in [-0.39, 0.29) is 10.8 Å². The minimum Gasteiger partial charge on any atom is -0.354 e. The Labute approximate surface area is 192 Å². The van der Waals surface area contributed by atoms with Gasteiger partial charge in [-0.3, -0.25) is 4.79 Å². The van der Waals surface area contributed by atoms with Gasteiger partial charge in [0.1, 0.15) is 6.04 Å². The molecule has 0 saturated carbocycles. The summed E-state index contributed by atoms with van der Waals surface area (Å²) in [5.74, 6) is 0.336. The van der Waals surface area contributed by atoms with Crippen LogP contribution in [0.3, 0.4) is 0 Å². The van der Waals surface area contributed by atoms with Crippen molar-refractivity contribution in [1.29, 1.82) is 0 Å². The van der Waals surface area contributed by atoms with E-state index in [4.69, 9.17) is 11.6 Å². The topological polar surface area (TPSA) is 75.3 Å². The highest BCUT2D eigenvalue weighted by atomic mass is 35.5. The molecule has 3 aromatic carbocycles. The van der Waals surface area contributed by atoms with Gasteiger partial charge in [-0.15, -0.1) is 0 Å². The summed E-state index contributed by atoms with van der Waals surface area (Å²) in [6, 6.07) is 19.1. The van der Waals surface area contributed by atoms with Gasteiger partial charge in [-0.1, -0.05) is 54.1 Å². The number of hydrogen-bond donors (Lipinski definition) is 2. The molecule has 8 heteroatoms. The van der Waals surface area contributed by atoms with Crippen LogP contribution in [-0.2, 0) is 21.2 Å². The summed E-state index contributed by atoms with van der Waals surface area (Å²) in [7, 11) is -3.84. The number of rotatable bonds is 10. The molecule has 0 aliphatic carbocycles. The summed E-state index contributed by atoms with van der Waals surface area (Å²) >= 11 is 7.46. The summed E-state index contributed by atoms with van der Waals surface area (Å²) in [6.45, 7) is 0.411. The summed E-state index contributed by atoms with van der Waals surface area (Å²) < 4.78 is 28.5. The van der Waals surface area contributed by atoms with Gasteiger partial charge in [-0.2, -0.15) is 16.5 Å². The Balaban J connectivity index is 1.68. The molecule has 0 radical (unpaired) electrons. The van der Waals surface area contributed by atoms with Gasteiger partial charge in [0.05, 0.1) is 4.90 Å². The fourth-order valence-corrected chi connectivity index (χ4v) is 5.04. The van der Waals surface area contributed by atoms with Crippen LogP contribution in [0.2, 0.25) is 5.02 Å². The van der Waals surface area contributed by atoms with Crippen LogP contribution in [-0.4, -0.2) is 38.9 Å². The molecule has 2 N–H and O–H groups in total. The number of carbonyl (C=O) groups is 1. The molecule has 0 unspecified atom stereocenters. The normalized spacial score (nSPS) is 12.6. The highest BCUT2D eigenvalue weighted by Gasteiger charge is 2.25. The zero-order valence-corrected chi connectivity index (χ0v) is 19.6. The smallest absolute Gasteiger partial charge is 0.241 e. The van der Waals surface area contributed by atoms with Crippen molar-refractivity contribution < 1.29 is 13.2 Å². The van der Waals surface area contributed by atoms with E-state index in [9.17, 15) is 13.2 Å². The molecule has 0 saturated heterocycles. The fourth-order valence-electron chi connectivity index (χ4n) is 3.17. The average Bonchev–Trinajstić information content (AvgIpc) is 2.77. The van der Waals surface area contributed by atoms with Crippen molar-refractivity contribution in [2.24, 2.45) is 0 Å². The lowest BCUT2D eigenvalue weighted by Crippen LogP contribution is -2.47. The van der Waals surface area contributed by atoms with Crippen LogP contribution in [0.25, 0.3) is 10.8 Å². The van der Waals surface area contributed by atoms with E-state index in [1.165, 1.54) is 0 Å². The Morgan fingerprint density at radius 2 is 1.74 bits per heavy atom. The number of fused-ring (bicyclic) bond motifs is 1. The summed E-state index contributed by atoms with van der Waals surface area (Å²) in [4.78, 5) is 12.9. The van der Waals surface area contributed by atoms with E-state index in [2.05, 4.69) is 10.0 Å². The largest absolute Gasteiger partial charge is 0.354 e. The third-order valence-corrected chi connectivity index (χ3v) is 7.25. The second kappa shape index (κ2) is 11.0. The van der Waals surface area contributed by atoms with Gasteiger partial charge in [0, 0.05) is 11.6 Å². The summed E-state index contributed by atoms with van der Waals surface area (Å²) in [5.41, 5.74) is 1.04. The highest BCUT2D eigenvalue weighted by molar-refractivity contribution is 7.98. The lowest BCUT2D eigenvalue weighted by molar-refractivity contribution is -0.122. The molecule has 0 aliphatic rings. The summed E-state index contributed by atoms with van der Waals surface area (Å²) in [6.07, 6.45) is 2.96. The molecule has 0 aromatic heterocycles. The standard InChI is InChI=1S/C23H25ClN2O3S2/c1-30-15-13-22(23(27)25-14-12-17-6-9-20(24)10-7-17)26-31(28,29)21-11-8-18-4-2-3-5-19(18)16-21/h2-11,16,22,26H,12-15H2,1H3,(H,25,27)/t22-/m1/s1. The van der Waals surface area contributed by atoms with Crippen molar-refractivity contribution in [2.75, 3.05) is 18.6 Å². The molecule has 31 heavy (non-hydrogen) atoms. The highest BCUT2D eigenvalue weighted by Crippen LogP contribution is 2.19. The SMILES string of the molecule is CSCC[C@@H](NS(=O)(=O)c1ccc2ccccc2c1)C(=O)NCCc1ccc(Cl)cc1. The second-order valence-corrected chi connectivity index (χ2v) is 10.3. The van der Waals surface area contributed by atoms with Crippen molar-refractivity contribution in [3.63, 3.8) is 0 Å². The predicted molar refractivity (Wildman–Crippen MR) is 129 cm³/mol. The molecule has 164 valence electrons.